The van der Waals surface area contributed by atoms with Crippen LogP contribution in [0.15, 0.2) is 52.9 Å². The van der Waals surface area contributed by atoms with Crippen molar-refractivity contribution < 1.29 is 22.8 Å². The Bertz CT molecular complexity index is 1270. The molecule has 0 radical (unpaired) electrons. The number of fused-ring (bicyclic) bond motifs is 1. The van der Waals surface area contributed by atoms with E-state index in [1.54, 1.807) is 18.2 Å². The van der Waals surface area contributed by atoms with Crippen molar-refractivity contribution in [1.82, 2.24) is 0 Å². The molecule has 0 spiro atoms. The number of benzene rings is 3. The molecule has 0 aliphatic heterocycles. The second-order valence-electron chi connectivity index (χ2n) is 6.91. The summed E-state index contributed by atoms with van der Waals surface area (Å²) in [5.41, 5.74) is 3.67. The van der Waals surface area contributed by atoms with Crippen molar-refractivity contribution in [2.45, 2.75) is 13.8 Å². The fourth-order valence-electron chi connectivity index (χ4n) is 3.60. The average molecular weight is 390 g/mol. The van der Waals surface area contributed by atoms with Crippen molar-refractivity contribution in [1.29, 1.82) is 0 Å². The second-order valence-corrected chi connectivity index (χ2v) is 6.91. The van der Waals surface area contributed by atoms with Crippen molar-refractivity contribution in [3.63, 3.8) is 0 Å². The number of aryl methyl sites for hydroxylation is 2. The summed E-state index contributed by atoms with van der Waals surface area (Å²) in [6.45, 7) is 3.65. The molecule has 5 heteroatoms. The van der Waals surface area contributed by atoms with Gasteiger partial charge in [0.2, 0.25) is 0 Å². The summed E-state index contributed by atoms with van der Waals surface area (Å²) in [6.07, 6.45) is 1.27. The van der Waals surface area contributed by atoms with Crippen LogP contribution in [-0.2, 0) is 0 Å². The van der Waals surface area contributed by atoms with Gasteiger partial charge < -0.3 is 4.42 Å². The second kappa shape index (κ2) is 7.09. The summed E-state index contributed by atoms with van der Waals surface area (Å²) in [7, 11) is 0. The van der Waals surface area contributed by atoms with Gasteiger partial charge in [-0.3, -0.25) is 9.59 Å². The molecule has 0 saturated heterocycles. The lowest BCUT2D eigenvalue weighted by atomic mass is 9.93. The molecular formula is C24H16F2O3. The zero-order valence-electron chi connectivity index (χ0n) is 15.8. The first-order valence-corrected chi connectivity index (χ1v) is 8.97. The Morgan fingerprint density at radius 2 is 1.55 bits per heavy atom. The van der Waals surface area contributed by atoms with Crippen molar-refractivity contribution in [2.75, 3.05) is 0 Å². The van der Waals surface area contributed by atoms with Gasteiger partial charge in [0.15, 0.2) is 6.29 Å². The van der Waals surface area contributed by atoms with E-state index in [0.29, 0.717) is 23.0 Å². The molecule has 29 heavy (non-hydrogen) atoms. The third-order valence-electron chi connectivity index (χ3n) is 5.08. The first kappa shape index (κ1) is 18.7. The predicted molar refractivity (Wildman–Crippen MR) is 107 cm³/mol. The minimum absolute atomic E-state index is 0.0597. The largest absolute Gasteiger partial charge is 0.455 e. The van der Waals surface area contributed by atoms with E-state index < -0.39 is 11.6 Å². The van der Waals surface area contributed by atoms with E-state index in [1.807, 2.05) is 19.9 Å². The average Bonchev–Trinajstić information content (AvgIpc) is 3.09. The van der Waals surface area contributed by atoms with Crippen LogP contribution in [-0.4, -0.2) is 12.6 Å². The Labute approximate surface area is 165 Å². The SMILES string of the molecule is Cc1cc(C)c(-c2ccc3oc(-c4ccc(F)cc4)c(C=O)c3c2F)cc1C=O. The van der Waals surface area contributed by atoms with Crippen LogP contribution >= 0.6 is 0 Å². The van der Waals surface area contributed by atoms with Crippen LogP contribution in [0.2, 0.25) is 0 Å². The third kappa shape index (κ3) is 3.05. The zero-order valence-corrected chi connectivity index (χ0v) is 15.8. The quantitative estimate of drug-likeness (QED) is 0.385. The number of carbonyl (C=O) groups is 2. The molecule has 1 heterocycles. The van der Waals surface area contributed by atoms with Crippen LogP contribution in [0, 0.1) is 25.5 Å². The number of aldehydes is 2. The third-order valence-corrected chi connectivity index (χ3v) is 5.08. The van der Waals surface area contributed by atoms with Crippen molar-refractivity contribution in [3.8, 4) is 22.5 Å². The highest BCUT2D eigenvalue weighted by Gasteiger charge is 2.22. The molecule has 0 unspecified atom stereocenters. The van der Waals surface area contributed by atoms with Gasteiger partial charge in [0, 0.05) is 16.7 Å². The Kier molecular flexibility index (Phi) is 4.59. The maximum Gasteiger partial charge on any atom is 0.154 e. The van der Waals surface area contributed by atoms with Gasteiger partial charge in [-0.05, 0) is 73.0 Å². The Balaban J connectivity index is 1.98. The first-order valence-electron chi connectivity index (χ1n) is 8.97. The van der Waals surface area contributed by atoms with Crippen LogP contribution < -0.4 is 0 Å². The van der Waals surface area contributed by atoms with Crippen LogP contribution in [0.25, 0.3) is 33.4 Å². The highest BCUT2D eigenvalue weighted by molar-refractivity contribution is 6.04. The molecule has 0 N–H and O–H groups in total. The van der Waals surface area contributed by atoms with Gasteiger partial charge in [-0.2, -0.15) is 0 Å². The summed E-state index contributed by atoms with van der Waals surface area (Å²) < 4.78 is 34.5. The molecule has 4 rings (SSSR count). The lowest BCUT2D eigenvalue weighted by Crippen LogP contribution is -1.95. The molecule has 0 bridgehead atoms. The van der Waals surface area contributed by atoms with Crippen LogP contribution in [0.3, 0.4) is 0 Å². The smallest absolute Gasteiger partial charge is 0.154 e. The normalized spacial score (nSPS) is 11.0. The molecule has 0 amide bonds. The van der Waals surface area contributed by atoms with Crippen LogP contribution in [0.4, 0.5) is 8.78 Å². The van der Waals surface area contributed by atoms with E-state index in [4.69, 9.17) is 4.42 Å². The highest BCUT2D eigenvalue weighted by atomic mass is 19.1. The molecule has 3 nitrogen and oxygen atoms in total. The molecule has 0 atom stereocenters. The van der Waals surface area contributed by atoms with E-state index in [-0.39, 0.29) is 27.9 Å². The van der Waals surface area contributed by atoms with Gasteiger partial charge in [-0.1, -0.05) is 6.07 Å². The number of carbonyl (C=O) groups excluding carboxylic acids is 2. The topological polar surface area (TPSA) is 47.3 Å². The summed E-state index contributed by atoms with van der Waals surface area (Å²) in [5, 5.41) is 0.0597. The van der Waals surface area contributed by atoms with Gasteiger partial charge in [-0.15, -0.1) is 0 Å². The van der Waals surface area contributed by atoms with E-state index >= 15 is 4.39 Å². The maximum absolute atomic E-state index is 15.5. The summed E-state index contributed by atoms with van der Waals surface area (Å²) >= 11 is 0. The lowest BCUT2D eigenvalue weighted by Gasteiger charge is -2.11. The molecule has 0 aliphatic rings. The molecule has 0 saturated carbocycles. The fourth-order valence-corrected chi connectivity index (χ4v) is 3.60. The molecule has 3 aromatic carbocycles. The first-order chi connectivity index (χ1) is 13.9. The van der Waals surface area contributed by atoms with E-state index in [0.717, 1.165) is 17.4 Å². The van der Waals surface area contributed by atoms with Gasteiger partial charge in [0.1, 0.15) is 29.3 Å². The Morgan fingerprint density at radius 3 is 2.21 bits per heavy atom. The van der Waals surface area contributed by atoms with Crippen molar-refractivity contribution in [2.24, 2.45) is 0 Å². The molecule has 1 aromatic heterocycles. The molecular weight excluding hydrogens is 374 g/mol. The van der Waals surface area contributed by atoms with Crippen molar-refractivity contribution in [3.05, 3.63) is 82.4 Å². The van der Waals surface area contributed by atoms with Crippen molar-refractivity contribution >= 4 is 23.5 Å². The molecule has 0 aliphatic carbocycles. The number of halogens is 2. The fraction of sp³-hybridized carbons (Fsp3) is 0.0833. The van der Waals surface area contributed by atoms with Gasteiger partial charge >= 0.3 is 0 Å². The van der Waals surface area contributed by atoms with Crippen LogP contribution in [0.5, 0.6) is 0 Å². The number of rotatable bonds is 4. The van der Waals surface area contributed by atoms with E-state index in [1.165, 1.54) is 24.3 Å². The highest BCUT2D eigenvalue weighted by Crippen LogP contribution is 2.38. The van der Waals surface area contributed by atoms with Crippen LogP contribution in [0.1, 0.15) is 31.8 Å². The van der Waals surface area contributed by atoms with Gasteiger partial charge in [0.25, 0.3) is 0 Å². The summed E-state index contributed by atoms with van der Waals surface area (Å²) in [5.74, 6) is -0.849. The minimum Gasteiger partial charge on any atom is -0.455 e. The summed E-state index contributed by atoms with van der Waals surface area (Å²) in [6, 6.07) is 12.1. The summed E-state index contributed by atoms with van der Waals surface area (Å²) in [4.78, 5) is 23.1. The molecule has 0 fully saturated rings. The monoisotopic (exact) mass is 390 g/mol. The lowest BCUT2D eigenvalue weighted by molar-refractivity contribution is 0.111. The van der Waals surface area contributed by atoms with Gasteiger partial charge in [-0.25, -0.2) is 8.78 Å². The number of furan rings is 1. The number of hydrogen-bond acceptors (Lipinski definition) is 3. The predicted octanol–water partition coefficient (Wildman–Crippen LogP) is 6.29. The van der Waals surface area contributed by atoms with E-state index in [2.05, 4.69) is 0 Å². The van der Waals surface area contributed by atoms with Gasteiger partial charge in [0.05, 0.1) is 10.9 Å². The minimum atomic E-state index is -0.606. The Hall–Kier alpha value is -3.60. The zero-order chi connectivity index (χ0) is 20.7. The molecule has 4 aromatic rings. The Morgan fingerprint density at radius 1 is 0.828 bits per heavy atom. The maximum atomic E-state index is 15.5. The standard InChI is InChI=1S/C24H16F2O3/c1-13-9-14(2)19(10-16(13)11-27)18-7-8-21-22(23(18)26)20(12-28)24(29-21)15-3-5-17(25)6-4-15/h3-12H,1-2H3. The number of hydrogen-bond donors (Lipinski definition) is 0. The van der Waals surface area contributed by atoms with E-state index in [9.17, 15) is 14.0 Å². The molecule has 144 valence electrons.